The average Bonchev–Trinajstić information content (AvgIpc) is 2.68. The van der Waals surface area contributed by atoms with E-state index in [4.69, 9.17) is 9.47 Å². The largest absolute Gasteiger partial charge is 0.385 e. The first-order chi connectivity index (χ1) is 10.1. The Kier molecular flexibility index (Phi) is 5.09. The van der Waals surface area contributed by atoms with Crippen molar-refractivity contribution in [3.63, 3.8) is 0 Å². The highest BCUT2D eigenvalue weighted by Gasteiger charge is 2.36. The van der Waals surface area contributed by atoms with Crippen molar-refractivity contribution in [3.05, 3.63) is 28.8 Å². The van der Waals surface area contributed by atoms with Crippen LogP contribution in [0.1, 0.15) is 27.9 Å². The van der Waals surface area contributed by atoms with Gasteiger partial charge in [0.25, 0.3) is 11.7 Å². The Morgan fingerprint density at radius 3 is 2.57 bits per heavy atom. The van der Waals surface area contributed by atoms with E-state index < -0.39 is 11.7 Å². The van der Waals surface area contributed by atoms with Crippen LogP contribution < -0.4 is 4.90 Å². The number of fused-ring (bicyclic) bond motifs is 1. The Balaban J connectivity index is 2.02. The fraction of sp³-hybridized carbons (Fsp3) is 0.500. The van der Waals surface area contributed by atoms with Crippen molar-refractivity contribution in [2.75, 3.05) is 38.4 Å². The number of anilines is 1. The summed E-state index contributed by atoms with van der Waals surface area (Å²) in [6, 6.07) is 3.76. The lowest BCUT2D eigenvalue weighted by atomic mass is 10.0. The first kappa shape index (κ1) is 15.7. The van der Waals surface area contributed by atoms with E-state index in [0.717, 1.165) is 23.2 Å². The lowest BCUT2D eigenvalue weighted by molar-refractivity contribution is -0.114. The molecule has 1 aliphatic rings. The van der Waals surface area contributed by atoms with Crippen molar-refractivity contribution in [3.8, 4) is 0 Å². The van der Waals surface area contributed by atoms with Crippen LogP contribution in [0.25, 0.3) is 0 Å². The van der Waals surface area contributed by atoms with Crippen molar-refractivity contribution in [2.24, 2.45) is 0 Å². The molecule has 0 aromatic heterocycles. The normalized spacial score (nSPS) is 14.0. The zero-order valence-electron chi connectivity index (χ0n) is 12.8. The van der Waals surface area contributed by atoms with Crippen LogP contribution in [0.5, 0.6) is 0 Å². The Bertz CT molecular complexity index is 553. The molecular weight excluding hydrogens is 270 g/mol. The van der Waals surface area contributed by atoms with Gasteiger partial charge < -0.3 is 14.4 Å². The van der Waals surface area contributed by atoms with E-state index in [-0.39, 0.29) is 0 Å². The molecule has 1 aromatic carbocycles. The molecule has 1 aromatic rings. The topological polar surface area (TPSA) is 55.8 Å². The molecule has 0 spiro atoms. The van der Waals surface area contributed by atoms with Gasteiger partial charge in [0.15, 0.2) is 0 Å². The smallest absolute Gasteiger partial charge is 0.299 e. The number of hydrogen-bond donors (Lipinski definition) is 0. The van der Waals surface area contributed by atoms with Gasteiger partial charge in [-0.15, -0.1) is 0 Å². The molecule has 0 saturated heterocycles. The van der Waals surface area contributed by atoms with Gasteiger partial charge in [0.1, 0.15) is 0 Å². The van der Waals surface area contributed by atoms with E-state index in [0.29, 0.717) is 31.9 Å². The summed E-state index contributed by atoms with van der Waals surface area (Å²) in [7, 11) is 1.65. The summed E-state index contributed by atoms with van der Waals surface area (Å²) >= 11 is 0. The van der Waals surface area contributed by atoms with Crippen LogP contribution in [0.4, 0.5) is 5.69 Å². The number of carbonyl (C=O) groups is 2. The molecule has 1 heterocycles. The van der Waals surface area contributed by atoms with Gasteiger partial charge in [-0.3, -0.25) is 9.59 Å². The second-order valence-electron chi connectivity index (χ2n) is 5.22. The number of Topliss-reactive ketones (excluding diaryl/α,β-unsaturated/α-hetero) is 1. The third-order valence-electron chi connectivity index (χ3n) is 3.50. The molecule has 5 heteroatoms. The van der Waals surface area contributed by atoms with E-state index in [2.05, 4.69) is 0 Å². The Labute approximate surface area is 124 Å². The minimum Gasteiger partial charge on any atom is -0.385 e. The highest BCUT2D eigenvalue weighted by atomic mass is 16.5. The predicted molar refractivity (Wildman–Crippen MR) is 79.9 cm³/mol. The summed E-state index contributed by atoms with van der Waals surface area (Å²) in [6.07, 6.45) is 0.818. The third kappa shape index (κ3) is 3.31. The lowest BCUT2D eigenvalue weighted by Gasteiger charge is -2.18. The first-order valence-electron chi connectivity index (χ1n) is 7.10. The number of aryl methyl sites for hydroxylation is 2. The fourth-order valence-electron chi connectivity index (χ4n) is 2.61. The maximum absolute atomic E-state index is 12.1. The molecule has 114 valence electrons. The highest BCUT2D eigenvalue weighted by molar-refractivity contribution is 6.52. The second-order valence-corrected chi connectivity index (χ2v) is 5.22. The quantitative estimate of drug-likeness (QED) is 0.568. The van der Waals surface area contributed by atoms with Crippen molar-refractivity contribution in [1.82, 2.24) is 0 Å². The third-order valence-corrected chi connectivity index (χ3v) is 3.50. The summed E-state index contributed by atoms with van der Waals surface area (Å²) in [4.78, 5) is 25.7. The monoisotopic (exact) mass is 291 g/mol. The van der Waals surface area contributed by atoms with Gasteiger partial charge in [0.05, 0.1) is 17.9 Å². The number of benzene rings is 1. The summed E-state index contributed by atoms with van der Waals surface area (Å²) in [5.74, 6) is -0.879. The number of amides is 1. The van der Waals surface area contributed by atoms with Crippen LogP contribution in [0.3, 0.4) is 0 Å². The number of methoxy groups -OCH3 is 1. The standard InChI is InChI=1S/C16H21NO4/c1-11-9-12(2)14-13(10-11)15(18)16(19)17(14)5-8-21-7-4-6-20-3/h9-10H,4-8H2,1-3H3. The lowest BCUT2D eigenvalue weighted by Crippen LogP contribution is -2.33. The minimum absolute atomic E-state index is 0.397. The average molecular weight is 291 g/mol. The molecule has 0 unspecified atom stereocenters. The molecule has 0 N–H and O–H groups in total. The number of carbonyl (C=O) groups excluding carboxylic acids is 2. The Morgan fingerprint density at radius 1 is 1.10 bits per heavy atom. The number of ether oxygens (including phenoxy) is 2. The maximum atomic E-state index is 12.1. The van der Waals surface area contributed by atoms with Crippen molar-refractivity contribution < 1.29 is 19.1 Å². The molecule has 0 radical (unpaired) electrons. The van der Waals surface area contributed by atoms with E-state index in [1.807, 2.05) is 19.9 Å². The molecule has 0 atom stereocenters. The molecule has 0 bridgehead atoms. The zero-order valence-corrected chi connectivity index (χ0v) is 12.8. The molecule has 0 aliphatic carbocycles. The molecule has 1 amide bonds. The summed E-state index contributed by atoms with van der Waals surface area (Å²) in [5, 5.41) is 0. The molecular formula is C16H21NO4. The van der Waals surface area contributed by atoms with Crippen LogP contribution in [0.2, 0.25) is 0 Å². The van der Waals surface area contributed by atoms with E-state index in [1.165, 1.54) is 4.90 Å². The van der Waals surface area contributed by atoms with Gasteiger partial charge in [0, 0.05) is 26.9 Å². The van der Waals surface area contributed by atoms with E-state index >= 15 is 0 Å². The summed E-state index contributed by atoms with van der Waals surface area (Å²) < 4.78 is 10.4. The molecule has 21 heavy (non-hydrogen) atoms. The van der Waals surface area contributed by atoms with Gasteiger partial charge in [-0.1, -0.05) is 6.07 Å². The Hall–Kier alpha value is -1.72. The van der Waals surface area contributed by atoms with Gasteiger partial charge in [-0.2, -0.15) is 0 Å². The molecule has 0 saturated carbocycles. The number of nitrogens with zero attached hydrogens (tertiary/aromatic N) is 1. The van der Waals surface area contributed by atoms with Crippen LogP contribution in [-0.2, 0) is 14.3 Å². The zero-order chi connectivity index (χ0) is 15.4. The fourth-order valence-corrected chi connectivity index (χ4v) is 2.61. The second kappa shape index (κ2) is 6.83. The van der Waals surface area contributed by atoms with Crippen LogP contribution in [0, 0.1) is 13.8 Å². The van der Waals surface area contributed by atoms with Crippen molar-refractivity contribution in [1.29, 1.82) is 0 Å². The van der Waals surface area contributed by atoms with Gasteiger partial charge in [0.2, 0.25) is 0 Å². The van der Waals surface area contributed by atoms with Gasteiger partial charge >= 0.3 is 0 Å². The van der Waals surface area contributed by atoms with Crippen molar-refractivity contribution >= 4 is 17.4 Å². The molecule has 0 fully saturated rings. The van der Waals surface area contributed by atoms with Crippen LogP contribution >= 0.6 is 0 Å². The molecule has 2 rings (SSSR count). The first-order valence-corrected chi connectivity index (χ1v) is 7.10. The van der Waals surface area contributed by atoms with Gasteiger partial charge in [-0.25, -0.2) is 0 Å². The molecule has 5 nitrogen and oxygen atoms in total. The summed E-state index contributed by atoms with van der Waals surface area (Å²) in [6.45, 7) is 5.90. The number of ketones is 1. The maximum Gasteiger partial charge on any atom is 0.299 e. The molecule has 1 aliphatic heterocycles. The van der Waals surface area contributed by atoms with Crippen LogP contribution in [-0.4, -0.2) is 45.2 Å². The van der Waals surface area contributed by atoms with Gasteiger partial charge in [-0.05, 0) is 37.5 Å². The summed E-state index contributed by atoms with van der Waals surface area (Å²) in [5.41, 5.74) is 3.18. The SMILES string of the molecule is COCCCOCCN1C(=O)C(=O)c2cc(C)cc(C)c21. The Morgan fingerprint density at radius 2 is 1.86 bits per heavy atom. The van der Waals surface area contributed by atoms with E-state index in [1.54, 1.807) is 13.2 Å². The van der Waals surface area contributed by atoms with Crippen LogP contribution in [0.15, 0.2) is 12.1 Å². The number of rotatable bonds is 7. The minimum atomic E-state index is -0.459. The number of hydrogen-bond acceptors (Lipinski definition) is 4. The predicted octanol–water partition coefficient (Wildman–Crippen LogP) is 1.89. The van der Waals surface area contributed by atoms with Crippen molar-refractivity contribution in [2.45, 2.75) is 20.3 Å². The van der Waals surface area contributed by atoms with E-state index in [9.17, 15) is 9.59 Å². The highest BCUT2D eigenvalue weighted by Crippen LogP contribution is 2.33.